The van der Waals surface area contributed by atoms with Crippen molar-refractivity contribution in [2.24, 2.45) is 11.8 Å². The van der Waals surface area contributed by atoms with Gasteiger partial charge in [-0.05, 0) is 25.7 Å². The van der Waals surface area contributed by atoms with Gasteiger partial charge in [-0.2, -0.15) is 0 Å². The molecule has 0 radical (unpaired) electrons. The van der Waals surface area contributed by atoms with Gasteiger partial charge in [-0.25, -0.2) is 4.98 Å². The summed E-state index contributed by atoms with van der Waals surface area (Å²) in [6, 6.07) is 0. The van der Waals surface area contributed by atoms with Crippen LogP contribution in [0.25, 0.3) is 0 Å². The number of aliphatic carboxylic acids is 1. The van der Waals surface area contributed by atoms with E-state index in [4.69, 9.17) is 5.11 Å². The molecule has 0 spiro atoms. The van der Waals surface area contributed by atoms with Gasteiger partial charge in [0.05, 0.1) is 12.1 Å². The van der Waals surface area contributed by atoms with Gasteiger partial charge in [0.1, 0.15) is 5.82 Å². The van der Waals surface area contributed by atoms with E-state index in [0.717, 1.165) is 38.2 Å². The minimum absolute atomic E-state index is 0.00420. The van der Waals surface area contributed by atoms with Gasteiger partial charge in [-0.1, -0.05) is 0 Å². The Labute approximate surface area is 135 Å². The topological polar surface area (TPSA) is 86.6 Å². The van der Waals surface area contributed by atoms with Crippen molar-refractivity contribution in [3.05, 3.63) is 18.6 Å². The number of carbonyl (C=O) groups is 2. The highest BCUT2D eigenvalue weighted by Gasteiger charge is 2.33. The third kappa shape index (κ3) is 3.60. The standard InChI is InChI=1S/C16H22N4O3/c21-15(20-7-1-2-13(11-20)16(22)23)12-3-8-19(9-4-12)14-10-17-5-6-18-14/h5-6,10,12-13H,1-4,7-9,11H2,(H,22,23)/t13-/m0/s1. The molecule has 23 heavy (non-hydrogen) atoms. The molecule has 1 N–H and O–H groups in total. The van der Waals surface area contributed by atoms with Crippen LogP contribution in [0, 0.1) is 11.8 Å². The van der Waals surface area contributed by atoms with E-state index in [2.05, 4.69) is 14.9 Å². The van der Waals surface area contributed by atoms with E-state index in [0.29, 0.717) is 19.5 Å². The molecule has 0 saturated carbocycles. The lowest BCUT2D eigenvalue weighted by Gasteiger charge is -2.37. The van der Waals surface area contributed by atoms with Crippen molar-refractivity contribution in [1.29, 1.82) is 0 Å². The number of hydrogen-bond donors (Lipinski definition) is 1. The number of piperidine rings is 2. The first-order chi connectivity index (χ1) is 11.1. The van der Waals surface area contributed by atoms with Crippen LogP contribution in [0.2, 0.25) is 0 Å². The van der Waals surface area contributed by atoms with Crippen LogP contribution >= 0.6 is 0 Å². The lowest BCUT2D eigenvalue weighted by atomic mass is 9.92. The Bertz CT molecular complexity index is 558. The number of amides is 1. The molecule has 1 aromatic rings. The number of carbonyl (C=O) groups excluding carboxylic acids is 1. The molecule has 0 unspecified atom stereocenters. The second kappa shape index (κ2) is 6.93. The first kappa shape index (κ1) is 15.7. The summed E-state index contributed by atoms with van der Waals surface area (Å²) < 4.78 is 0. The van der Waals surface area contributed by atoms with Crippen molar-refractivity contribution >= 4 is 17.7 Å². The zero-order chi connectivity index (χ0) is 16.2. The van der Waals surface area contributed by atoms with Gasteiger partial charge in [0.2, 0.25) is 5.91 Å². The SMILES string of the molecule is O=C(O)[C@H]1CCCN(C(=O)C2CCN(c3cnccn3)CC2)C1. The molecule has 3 rings (SSSR count). The summed E-state index contributed by atoms with van der Waals surface area (Å²) in [6.07, 6.45) is 8.07. The number of anilines is 1. The fourth-order valence-corrected chi connectivity index (χ4v) is 3.45. The van der Waals surface area contributed by atoms with Gasteiger partial charge in [0.15, 0.2) is 0 Å². The van der Waals surface area contributed by atoms with Crippen LogP contribution in [0.5, 0.6) is 0 Å². The molecule has 2 aliphatic heterocycles. The minimum Gasteiger partial charge on any atom is -0.481 e. The third-order valence-corrected chi connectivity index (χ3v) is 4.80. The maximum absolute atomic E-state index is 12.7. The molecule has 1 aromatic heterocycles. The molecule has 0 aliphatic carbocycles. The van der Waals surface area contributed by atoms with Gasteiger partial charge >= 0.3 is 5.97 Å². The Morgan fingerprint density at radius 1 is 1.09 bits per heavy atom. The molecule has 1 atom stereocenters. The third-order valence-electron chi connectivity index (χ3n) is 4.80. The molecular formula is C16H22N4O3. The highest BCUT2D eigenvalue weighted by Crippen LogP contribution is 2.25. The van der Waals surface area contributed by atoms with Crippen molar-refractivity contribution in [3.63, 3.8) is 0 Å². The number of nitrogens with zero attached hydrogens (tertiary/aromatic N) is 4. The number of carboxylic acid groups (broad SMARTS) is 1. The highest BCUT2D eigenvalue weighted by atomic mass is 16.4. The Hall–Kier alpha value is -2.18. The van der Waals surface area contributed by atoms with E-state index in [9.17, 15) is 9.59 Å². The average Bonchev–Trinajstić information content (AvgIpc) is 2.62. The Balaban J connectivity index is 1.55. The van der Waals surface area contributed by atoms with Gasteiger partial charge < -0.3 is 14.9 Å². The molecule has 2 fully saturated rings. The van der Waals surface area contributed by atoms with Crippen LogP contribution in [0.3, 0.4) is 0 Å². The summed E-state index contributed by atoms with van der Waals surface area (Å²) in [4.78, 5) is 36.1. The van der Waals surface area contributed by atoms with Crippen LogP contribution in [-0.2, 0) is 9.59 Å². The Morgan fingerprint density at radius 3 is 2.52 bits per heavy atom. The molecule has 1 amide bonds. The zero-order valence-corrected chi connectivity index (χ0v) is 13.1. The molecule has 3 heterocycles. The van der Waals surface area contributed by atoms with E-state index in [1.807, 2.05) is 0 Å². The molecule has 2 aliphatic rings. The fourth-order valence-electron chi connectivity index (χ4n) is 3.45. The first-order valence-electron chi connectivity index (χ1n) is 8.17. The van der Waals surface area contributed by atoms with Gasteiger partial charge in [0, 0.05) is 44.5 Å². The van der Waals surface area contributed by atoms with Crippen molar-refractivity contribution in [2.45, 2.75) is 25.7 Å². The molecule has 124 valence electrons. The average molecular weight is 318 g/mol. The maximum atomic E-state index is 12.7. The Kier molecular flexibility index (Phi) is 4.73. The minimum atomic E-state index is -0.792. The summed E-state index contributed by atoms with van der Waals surface area (Å²) in [7, 11) is 0. The maximum Gasteiger partial charge on any atom is 0.308 e. The van der Waals surface area contributed by atoms with Crippen LogP contribution in [-0.4, -0.2) is 58.0 Å². The number of carboxylic acids is 1. The number of likely N-dealkylation sites (tertiary alicyclic amines) is 1. The van der Waals surface area contributed by atoms with E-state index in [1.54, 1.807) is 23.5 Å². The lowest BCUT2D eigenvalue weighted by molar-refractivity contribution is -0.147. The van der Waals surface area contributed by atoms with Crippen molar-refractivity contribution in [3.8, 4) is 0 Å². The van der Waals surface area contributed by atoms with Gasteiger partial charge in [-0.15, -0.1) is 0 Å². The number of rotatable bonds is 3. The van der Waals surface area contributed by atoms with Crippen LogP contribution in [0.4, 0.5) is 5.82 Å². The predicted octanol–water partition coefficient (Wildman–Crippen LogP) is 1.02. The highest BCUT2D eigenvalue weighted by molar-refractivity contribution is 5.80. The van der Waals surface area contributed by atoms with E-state index >= 15 is 0 Å². The van der Waals surface area contributed by atoms with Crippen LogP contribution in [0.15, 0.2) is 18.6 Å². The lowest BCUT2D eigenvalue weighted by Crippen LogP contribution is -2.47. The number of aromatic nitrogens is 2. The molecular weight excluding hydrogens is 296 g/mol. The predicted molar refractivity (Wildman–Crippen MR) is 83.9 cm³/mol. The first-order valence-corrected chi connectivity index (χ1v) is 8.17. The van der Waals surface area contributed by atoms with E-state index in [-0.39, 0.29) is 11.8 Å². The van der Waals surface area contributed by atoms with E-state index in [1.165, 1.54) is 0 Å². The second-order valence-corrected chi connectivity index (χ2v) is 6.29. The molecule has 0 bridgehead atoms. The molecule has 7 heteroatoms. The molecule has 7 nitrogen and oxygen atoms in total. The van der Waals surface area contributed by atoms with E-state index < -0.39 is 11.9 Å². The van der Waals surface area contributed by atoms with Crippen molar-refractivity contribution in [1.82, 2.24) is 14.9 Å². The van der Waals surface area contributed by atoms with Crippen molar-refractivity contribution in [2.75, 3.05) is 31.1 Å². The summed E-state index contributed by atoms with van der Waals surface area (Å²) in [6.45, 7) is 2.61. The second-order valence-electron chi connectivity index (χ2n) is 6.29. The largest absolute Gasteiger partial charge is 0.481 e. The fraction of sp³-hybridized carbons (Fsp3) is 0.625. The van der Waals surface area contributed by atoms with Gasteiger partial charge in [-0.3, -0.25) is 14.6 Å². The summed E-state index contributed by atoms with van der Waals surface area (Å²) >= 11 is 0. The summed E-state index contributed by atoms with van der Waals surface area (Å²) in [5, 5.41) is 9.15. The molecule has 2 saturated heterocycles. The zero-order valence-electron chi connectivity index (χ0n) is 13.1. The van der Waals surface area contributed by atoms with Crippen LogP contribution in [0.1, 0.15) is 25.7 Å². The quantitative estimate of drug-likeness (QED) is 0.895. The summed E-state index contributed by atoms with van der Waals surface area (Å²) in [5.41, 5.74) is 0. The normalized spacial score (nSPS) is 22.9. The van der Waals surface area contributed by atoms with Gasteiger partial charge in [0.25, 0.3) is 0 Å². The van der Waals surface area contributed by atoms with Crippen molar-refractivity contribution < 1.29 is 14.7 Å². The number of hydrogen-bond acceptors (Lipinski definition) is 5. The Morgan fingerprint density at radius 2 is 1.87 bits per heavy atom. The molecule has 0 aromatic carbocycles. The monoisotopic (exact) mass is 318 g/mol. The smallest absolute Gasteiger partial charge is 0.308 e. The summed E-state index contributed by atoms with van der Waals surface area (Å²) in [5.74, 6) is -0.236. The van der Waals surface area contributed by atoms with Crippen LogP contribution < -0.4 is 4.90 Å².